The summed E-state index contributed by atoms with van der Waals surface area (Å²) in [4.78, 5) is 13.9. The van der Waals surface area contributed by atoms with Crippen LogP contribution in [-0.2, 0) is 25.9 Å². The summed E-state index contributed by atoms with van der Waals surface area (Å²) in [6, 6.07) is 7.07. The minimum Gasteiger partial charge on any atom is -0.363 e. The van der Waals surface area contributed by atoms with Gasteiger partial charge in [-0.15, -0.1) is 0 Å². The Morgan fingerprint density at radius 1 is 1.22 bits per heavy atom. The first-order valence-corrected chi connectivity index (χ1v) is 9.68. The van der Waals surface area contributed by atoms with Gasteiger partial charge in [0.05, 0.1) is 10.5 Å². The van der Waals surface area contributed by atoms with Crippen LogP contribution in [0.5, 0.6) is 0 Å². The minimum atomic E-state index is -3.14. The van der Waals surface area contributed by atoms with E-state index in [0.29, 0.717) is 11.4 Å². The quantitative estimate of drug-likeness (QED) is 0.872. The molecule has 3 rings (SSSR count). The Morgan fingerprint density at radius 3 is 2.39 bits per heavy atom. The zero-order valence-electron chi connectivity index (χ0n) is 13.2. The van der Waals surface area contributed by atoms with Crippen molar-refractivity contribution in [2.75, 3.05) is 32.5 Å². The van der Waals surface area contributed by atoms with Crippen LogP contribution in [0.3, 0.4) is 0 Å². The van der Waals surface area contributed by atoms with Crippen molar-refractivity contribution in [2.24, 2.45) is 0 Å². The molecule has 2 aliphatic heterocycles. The fourth-order valence-corrected chi connectivity index (χ4v) is 3.75. The molecular weight excluding hydrogens is 316 g/mol. The van der Waals surface area contributed by atoms with Gasteiger partial charge in [-0.3, -0.25) is 9.69 Å². The van der Waals surface area contributed by atoms with Gasteiger partial charge in [0.1, 0.15) is 6.61 Å². The van der Waals surface area contributed by atoms with Crippen LogP contribution in [0.1, 0.15) is 18.4 Å². The second-order valence-electron chi connectivity index (χ2n) is 6.44. The first-order valence-electron chi connectivity index (χ1n) is 7.78. The second kappa shape index (κ2) is 6.22. The SMILES string of the molecule is CS(=O)(=O)c1ccc(CN2CCC3(CC2)CNC(=O)CO3)cc1. The standard InChI is InChI=1S/C16H22N2O4S/c1-23(20,21)14-4-2-13(3-5-14)10-18-8-6-16(7-9-18)12-17-15(19)11-22-16/h2-5H,6-12H2,1H3,(H,17,19). The van der Waals surface area contributed by atoms with Crippen LogP contribution in [0, 0.1) is 0 Å². The van der Waals surface area contributed by atoms with Crippen molar-refractivity contribution in [1.29, 1.82) is 0 Å². The van der Waals surface area contributed by atoms with E-state index in [2.05, 4.69) is 10.2 Å². The topological polar surface area (TPSA) is 75.7 Å². The molecule has 0 aliphatic carbocycles. The smallest absolute Gasteiger partial charge is 0.246 e. The van der Waals surface area contributed by atoms with E-state index in [9.17, 15) is 13.2 Å². The van der Waals surface area contributed by atoms with E-state index in [4.69, 9.17) is 4.74 Å². The number of benzene rings is 1. The molecule has 6 nitrogen and oxygen atoms in total. The maximum atomic E-state index is 11.5. The van der Waals surface area contributed by atoms with E-state index in [1.807, 2.05) is 12.1 Å². The summed E-state index contributed by atoms with van der Waals surface area (Å²) < 4.78 is 28.7. The van der Waals surface area contributed by atoms with Crippen molar-refractivity contribution in [3.05, 3.63) is 29.8 Å². The normalized spacial score (nSPS) is 22.0. The fourth-order valence-electron chi connectivity index (χ4n) is 3.12. The highest BCUT2D eigenvalue weighted by atomic mass is 32.2. The highest BCUT2D eigenvalue weighted by molar-refractivity contribution is 7.90. The van der Waals surface area contributed by atoms with Gasteiger partial charge >= 0.3 is 0 Å². The van der Waals surface area contributed by atoms with Crippen molar-refractivity contribution in [3.8, 4) is 0 Å². The van der Waals surface area contributed by atoms with Crippen molar-refractivity contribution in [3.63, 3.8) is 0 Å². The van der Waals surface area contributed by atoms with Crippen molar-refractivity contribution in [1.82, 2.24) is 10.2 Å². The number of sulfone groups is 1. The maximum Gasteiger partial charge on any atom is 0.246 e. The molecule has 2 heterocycles. The third-order valence-corrected chi connectivity index (χ3v) is 5.77. The Morgan fingerprint density at radius 2 is 1.87 bits per heavy atom. The van der Waals surface area contributed by atoms with E-state index < -0.39 is 9.84 Å². The summed E-state index contributed by atoms with van der Waals surface area (Å²) in [6.45, 7) is 3.37. The van der Waals surface area contributed by atoms with E-state index in [1.165, 1.54) is 6.26 Å². The Kier molecular flexibility index (Phi) is 4.44. The second-order valence-corrected chi connectivity index (χ2v) is 8.46. The van der Waals surface area contributed by atoms with Crippen molar-refractivity contribution < 1.29 is 17.9 Å². The average Bonchev–Trinajstić information content (AvgIpc) is 2.52. The first-order chi connectivity index (χ1) is 10.9. The Bertz CT molecular complexity index is 665. The lowest BCUT2D eigenvalue weighted by Gasteiger charge is -2.43. The van der Waals surface area contributed by atoms with Crippen LogP contribution in [-0.4, -0.2) is 57.3 Å². The number of carbonyl (C=O) groups excluding carboxylic acids is 1. The lowest BCUT2D eigenvalue weighted by Crippen LogP contribution is -2.57. The zero-order chi connectivity index (χ0) is 16.5. The number of rotatable bonds is 3. The molecule has 126 valence electrons. The molecule has 23 heavy (non-hydrogen) atoms. The summed E-state index contributed by atoms with van der Waals surface area (Å²) in [5, 5.41) is 2.89. The van der Waals surface area contributed by atoms with Gasteiger partial charge in [-0.05, 0) is 30.5 Å². The molecule has 0 aromatic heterocycles. The molecule has 2 saturated heterocycles. The van der Waals surface area contributed by atoms with E-state index in [0.717, 1.165) is 38.0 Å². The van der Waals surface area contributed by atoms with E-state index >= 15 is 0 Å². The monoisotopic (exact) mass is 338 g/mol. The summed E-state index contributed by atoms with van der Waals surface area (Å²) in [5.41, 5.74) is 0.899. The van der Waals surface area contributed by atoms with Crippen LogP contribution < -0.4 is 5.32 Å². The molecule has 1 aromatic rings. The Hall–Kier alpha value is -1.44. The van der Waals surface area contributed by atoms with Crippen molar-refractivity contribution >= 4 is 15.7 Å². The van der Waals surface area contributed by atoms with Gasteiger partial charge in [0.15, 0.2) is 9.84 Å². The largest absolute Gasteiger partial charge is 0.363 e. The van der Waals surface area contributed by atoms with Gasteiger partial charge in [-0.1, -0.05) is 12.1 Å². The number of ether oxygens (including phenoxy) is 1. The summed E-state index contributed by atoms with van der Waals surface area (Å²) in [7, 11) is -3.14. The molecule has 1 N–H and O–H groups in total. The first kappa shape index (κ1) is 16.4. The highest BCUT2D eigenvalue weighted by Crippen LogP contribution is 2.28. The summed E-state index contributed by atoms with van der Waals surface area (Å²) >= 11 is 0. The summed E-state index contributed by atoms with van der Waals surface area (Å²) in [5.74, 6) is -0.0379. The number of hydrogen-bond acceptors (Lipinski definition) is 5. The molecule has 0 bridgehead atoms. The van der Waals surface area contributed by atoms with Gasteiger partial charge in [0.25, 0.3) is 0 Å². The molecule has 0 saturated carbocycles. The van der Waals surface area contributed by atoms with Crippen LogP contribution in [0.15, 0.2) is 29.2 Å². The maximum absolute atomic E-state index is 11.5. The van der Waals surface area contributed by atoms with Gasteiger partial charge in [-0.25, -0.2) is 8.42 Å². The molecule has 1 amide bonds. The average molecular weight is 338 g/mol. The van der Waals surface area contributed by atoms with Gasteiger partial charge in [-0.2, -0.15) is 0 Å². The van der Waals surface area contributed by atoms with Crippen molar-refractivity contribution in [2.45, 2.75) is 29.9 Å². The van der Waals surface area contributed by atoms with Crippen LogP contribution in [0.25, 0.3) is 0 Å². The number of amides is 1. The zero-order valence-corrected chi connectivity index (χ0v) is 14.1. The van der Waals surface area contributed by atoms with Crippen LogP contribution in [0.4, 0.5) is 0 Å². The Labute approximate surface area is 136 Å². The van der Waals surface area contributed by atoms with Gasteiger partial charge in [0, 0.05) is 32.4 Å². The Balaban J connectivity index is 1.55. The molecule has 2 fully saturated rings. The number of hydrogen-bond donors (Lipinski definition) is 1. The molecular formula is C16H22N2O4S. The van der Waals surface area contributed by atoms with Crippen LogP contribution >= 0.6 is 0 Å². The molecule has 2 aliphatic rings. The number of likely N-dealkylation sites (tertiary alicyclic amines) is 1. The third kappa shape index (κ3) is 3.91. The molecule has 1 aromatic carbocycles. The van der Waals surface area contributed by atoms with Gasteiger partial charge in [0.2, 0.25) is 5.91 Å². The molecule has 1 spiro atoms. The fraction of sp³-hybridized carbons (Fsp3) is 0.562. The predicted molar refractivity (Wildman–Crippen MR) is 85.8 cm³/mol. The minimum absolute atomic E-state index is 0.0379. The number of morpholine rings is 1. The molecule has 0 atom stereocenters. The third-order valence-electron chi connectivity index (χ3n) is 4.64. The van der Waals surface area contributed by atoms with Crippen LogP contribution in [0.2, 0.25) is 0 Å². The molecule has 7 heteroatoms. The number of nitrogens with zero attached hydrogens (tertiary/aromatic N) is 1. The lowest BCUT2D eigenvalue weighted by atomic mass is 9.90. The lowest BCUT2D eigenvalue weighted by molar-refractivity contribution is -0.150. The highest BCUT2D eigenvalue weighted by Gasteiger charge is 2.38. The van der Waals surface area contributed by atoms with Gasteiger partial charge < -0.3 is 10.1 Å². The van der Waals surface area contributed by atoms with E-state index in [1.54, 1.807) is 12.1 Å². The summed E-state index contributed by atoms with van der Waals surface area (Å²) in [6.07, 6.45) is 3.01. The molecule has 0 radical (unpaired) electrons. The molecule has 0 unspecified atom stereocenters. The predicted octanol–water partition coefficient (Wildman–Crippen LogP) is 0.571. The number of nitrogens with one attached hydrogen (secondary N) is 1. The number of carbonyl (C=O) groups is 1. The van der Waals surface area contributed by atoms with E-state index in [-0.39, 0.29) is 18.1 Å². The number of piperidine rings is 1.